The smallest absolute Gasteiger partial charge is 0.234 e. The van der Waals surface area contributed by atoms with Crippen LogP contribution >= 0.6 is 0 Å². The second-order valence-corrected chi connectivity index (χ2v) is 7.93. The molecular weight excluding hydrogens is 416 g/mol. The number of carbonyl (C=O) groups excluding carboxylic acids is 3. The minimum absolute atomic E-state index is 0.0419. The average Bonchev–Trinajstić information content (AvgIpc) is 3.25. The van der Waals surface area contributed by atoms with Gasteiger partial charge < -0.3 is 19.6 Å². The van der Waals surface area contributed by atoms with Gasteiger partial charge in [-0.2, -0.15) is 5.21 Å². The van der Waals surface area contributed by atoms with Crippen molar-refractivity contribution in [3.63, 3.8) is 0 Å². The number of H-pyrrole nitrogens is 1. The zero-order chi connectivity index (χ0) is 22.2. The Morgan fingerprint density at radius 3 is 2.70 bits per heavy atom. The molecule has 1 rings (SSSR count). The van der Waals surface area contributed by atoms with Crippen LogP contribution in [0.3, 0.4) is 0 Å². The number of aromatic amines is 1. The van der Waals surface area contributed by atoms with Crippen LogP contribution in [-0.4, -0.2) is 81.7 Å². The molecule has 0 radical (unpaired) electrons. The molecule has 1 aromatic rings. The molecule has 0 spiro atoms. The molecule has 1 heterocycles. The van der Waals surface area contributed by atoms with Crippen molar-refractivity contribution in [1.82, 2.24) is 30.7 Å². The maximum absolute atomic E-state index is 12.2. The molecule has 3 unspecified atom stereocenters. The van der Waals surface area contributed by atoms with Gasteiger partial charge in [-0.15, -0.1) is 10.2 Å². The summed E-state index contributed by atoms with van der Waals surface area (Å²) < 4.78 is 24.6. The van der Waals surface area contributed by atoms with Crippen molar-refractivity contribution in [2.45, 2.75) is 39.0 Å². The quantitative estimate of drug-likeness (QED) is 0.206. The number of nitrogens with one attached hydrogen (secondary N) is 3. The van der Waals surface area contributed by atoms with E-state index in [2.05, 4.69) is 30.7 Å². The average molecular weight is 447 g/mol. The summed E-state index contributed by atoms with van der Waals surface area (Å²) in [7, 11) is -1.54. The molecule has 0 saturated carbocycles. The molecule has 3 N–H and O–H groups in total. The summed E-state index contributed by atoms with van der Waals surface area (Å²) in [5, 5.41) is 16.3. The summed E-state index contributed by atoms with van der Waals surface area (Å²) in [6, 6.07) is 0. The van der Waals surface area contributed by atoms with Gasteiger partial charge in [0.25, 0.3) is 0 Å². The maximum Gasteiger partial charge on any atom is 0.234 e. The predicted octanol–water partition coefficient (Wildman–Crippen LogP) is -0.762. The molecular formula is C17H30N6O6S. The first-order chi connectivity index (χ1) is 14.4. The van der Waals surface area contributed by atoms with Crippen LogP contribution in [-0.2, 0) is 34.8 Å². The predicted molar refractivity (Wildman–Crippen MR) is 107 cm³/mol. The fraction of sp³-hybridized carbons (Fsp3) is 0.765. The Morgan fingerprint density at radius 1 is 1.23 bits per heavy atom. The Balaban J connectivity index is 2.08. The first-order valence-electron chi connectivity index (χ1n) is 9.72. The van der Waals surface area contributed by atoms with Crippen molar-refractivity contribution >= 4 is 29.1 Å². The van der Waals surface area contributed by atoms with E-state index in [-0.39, 0.29) is 42.4 Å². The first-order valence-corrected chi connectivity index (χ1v) is 11.0. The molecule has 13 heteroatoms. The topological polar surface area (TPSA) is 165 Å². The fourth-order valence-electron chi connectivity index (χ4n) is 2.45. The number of hydrogen-bond donors (Lipinski definition) is 3. The van der Waals surface area contributed by atoms with Crippen LogP contribution in [0.25, 0.3) is 0 Å². The van der Waals surface area contributed by atoms with E-state index in [9.17, 15) is 18.6 Å². The number of aromatic nitrogens is 4. The number of hydrogen-bond acceptors (Lipinski definition) is 9. The van der Waals surface area contributed by atoms with Crippen molar-refractivity contribution in [1.29, 1.82) is 0 Å². The summed E-state index contributed by atoms with van der Waals surface area (Å²) in [4.78, 5) is 33.9. The molecule has 3 atom stereocenters. The highest BCUT2D eigenvalue weighted by atomic mass is 32.2. The highest BCUT2D eigenvalue weighted by Crippen LogP contribution is 2.19. The number of nitrogens with zero attached hydrogens (tertiary/aromatic N) is 3. The zero-order valence-corrected chi connectivity index (χ0v) is 18.1. The van der Waals surface area contributed by atoms with Crippen LogP contribution in [0.15, 0.2) is 0 Å². The molecule has 0 aliphatic carbocycles. The number of amides is 2. The largest absolute Gasteiger partial charge is 0.377 e. The first kappa shape index (κ1) is 25.8. The molecule has 0 aliphatic heterocycles. The number of tetrazole rings is 1. The van der Waals surface area contributed by atoms with Gasteiger partial charge >= 0.3 is 0 Å². The molecule has 0 aromatic carbocycles. The van der Waals surface area contributed by atoms with E-state index in [1.54, 1.807) is 6.92 Å². The standard InChI is InChI=1S/C17H30N6O6S/c1-13(16-19-22-23-20-16)12-14(2)17(26)21-30(27)11-3-4-15(25)18-5-7-28-9-10-29-8-6-24/h6,13-14H,3-5,7-12H2,1-2H3,(H,18,25)(H,21,26)(H,19,20,22,23). The summed E-state index contributed by atoms with van der Waals surface area (Å²) in [6.45, 7) is 5.01. The lowest BCUT2D eigenvalue weighted by Gasteiger charge is -2.14. The van der Waals surface area contributed by atoms with E-state index in [0.717, 1.165) is 0 Å². The van der Waals surface area contributed by atoms with Crippen LogP contribution in [0.2, 0.25) is 0 Å². The summed E-state index contributed by atoms with van der Waals surface area (Å²) in [5.74, 6) is -0.206. The summed E-state index contributed by atoms with van der Waals surface area (Å²) in [5.41, 5.74) is 0. The van der Waals surface area contributed by atoms with Crippen molar-refractivity contribution in [2.24, 2.45) is 5.92 Å². The fourth-order valence-corrected chi connectivity index (χ4v) is 3.39. The minimum Gasteiger partial charge on any atom is -0.377 e. The van der Waals surface area contributed by atoms with Gasteiger partial charge in [0.1, 0.15) is 23.9 Å². The molecule has 170 valence electrons. The highest BCUT2D eigenvalue weighted by molar-refractivity contribution is 7.83. The van der Waals surface area contributed by atoms with Crippen LogP contribution in [0, 0.1) is 5.92 Å². The Bertz CT molecular complexity index is 659. The van der Waals surface area contributed by atoms with E-state index >= 15 is 0 Å². The Hall–Kier alpha value is -2.25. The molecule has 0 aliphatic rings. The lowest BCUT2D eigenvalue weighted by atomic mass is 9.96. The Labute approximate surface area is 177 Å². The lowest BCUT2D eigenvalue weighted by molar-refractivity contribution is -0.123. The highest BCUT2D eigenvalue weighted by Gasteiger charge is 2.21. The second-order valence-electron chi connectivity index (χ2n) is 6.63. The molecule has 1 aromatic heterocycles. The van der Waals surface area contributed by atoms with Crippen LogP contribution in [0.1, 0.15) is 44.9 Å². The lowest BCUT2D eigenvalue weighted by Crippen LogP contribution is -2.33. The van der Waals surface area contributed by atoms with E-state index in [1.807, 2.05) is 6.92 Å². The molecule has 12 nitrogen and oxygen atoms in total. The Kier molecular flexibility index (Phi) is 13.4. The number of ether oxygens (including phenoxy) is 2. The SMILES string of the molecule is CC(CC(C)c1nn[nH]n1)C(=O)NS(=O)CCCC(=O)NCCOCCOCC=O. The summed E-state index contributed by atoms with van der Waals surface area (Å²) >= 11 is 0. The van der Waals surface area contributed by atoms with Crippen LogP contribution in [0.5, 0.6) is 0 Å². The van der Waals surface area contributed by atoms with Crippen LogP contribution < -0.4 is 10.0 Å². The third-order valence-corrected chi connectivity index (χ3v) is 5.12. The van der Waals surface area contributed by atoms with Gasteiger partial charge in [0, 0.05) is 30.6 Å². The van der Waals surface area contributed by atoms with E-state index in [0.29, 0.717) is 51.3 Å². The van der Waals surface area contributed by atoms with Gasteiger partial charge in [-0.3, -0.25) is 14.3 Å². The molecule has 2 amide bonds. The van der Waals surface area contributed by atoms with Gasteiger partial charge in [-0.1, -0.05) is 19.1 Å². The third-order valence-electron chi connectivity index (χ3n) is 4.03. The van der Waals surface area contributed by atoms with Gasteiger partial charge in [-0.05, 0) is 12.8 Å². The van der Waals surface area contributed by atoms with Gasteiger partial charge in [-0.25, -0.2) is 4.21 Å². The van der Waals surface area contributed by atoms with Crippen LogP contribution in [0.4, 0.5) is 0 Å². The normalized spacial score (nSPS) is 13.9. The zero-order valence-electron chi connectivity index (χ0n) is 17.3. The van der Waals surface area contributed by atoms with E-state index in [4.69, 9.17) is 9.47 Å². The number of carbonyl (C=O) groups is 3. The minimum atomic E-state index is -1.54. The van der Waals surface area contributed by atoms with E-state index in [1.165, 1.54) is 0 Å². The molecule has 0 saturated heterocycles. The molecule has 30 heavy (non-hydrogen) atoms. The second kappa shape index (κ2) is 15.6. The van der Waals surface area contributed by atoms with E-state index < -0.39 is 11.0 Å². The number of aldehydes is 1. The van der Waals surface area contributed by atoms with Gasteiger partial charge in [0.15, 0.2) is 5.82 Å². The number of rotatable bonds is 17. The van der Waals surface area contributed by atoms with Gasteiger partial charge in [0.05, 0.1) is 19.8 Å². The van der Waals surface area contributed by atoms with Crippen molar-refractivity contribution < 1.29 is 28.1 Å². The van der Waals surface area contributed by atoms with Crippen molar-refractivity contribution in [3.8, 4) is 0 Å². The van der Waals surface area contributed by atoms with Crippen molar-refractivity contribution in [2.75, 3.05) is 38.7 Å². The summed E-state index contributed by atoms with van der Waals surface area (Å²) in [6.07, 6.45) is 1.75. The monoisotopic (exact) mass is 446 g/mol. The van der Waals surface area contributed by atoms with Gasteiger partial charge in [0.2, 0.25) is 11.8 Å². The molecule has 0 bridgehead atoms. The maximum atomic E-state index is 12.2. The Morgan fingerprint density at radius 2 is 2.00 bits per heavy atom. The van der Waals surface area contributed by atoms with Crippen molar-refractivity contribution in [3.05, 3.63) is 5.82 Å². The third kappa shape index (κ3) is 11.7. The molecule has 0 fully saturated rings.